The molecule has 0 N–H and O–H groups in total. The second kappa shape index (κ2) is 24.8. The second-order valence-electron chi connectivity index (χ2n) is 33.0. The average molecular weight is 1210 g/mol. The van der Waals surface area contributed by atoms with Gasteiger partial charge in [-0.1, -0.05) is 151 Å². The lowest BCUT2D eigenvalue weighted by atomic mass is 9.62. The molecule has 4 heterocycles. The third kappa shape index (κ3) is 13.7. The lowest BCUT2D eigenvalue weighted by Gasteiger charge is -2.42. The molecule has 0 aliphatic heterocycles. The Morgan fingerprint density at radius 3 is 1.18 bits per heavy atom. The van der Waals surface area contributed by atoms with Crippen molar-refractivity contribution < 1.29 is 22.4 Å². The smallest absolute Gasteiger partial charge is 0.201 e. The summed E-state index contributed by atoms with van der Waals surface area (Å²) < 4.78 is 31.9. The molecule has 4 nitrogen and oxygen atoms in total. The van der Waals surface area contributed by atoms with E-state index >= 15 is 0 Å². The van der Waals surface area contributed by atoms with Crippen LogP contribution in [0.1, 0.15) is 249 Å². The van der Waals surface area contributed by atoms with Gasteiger partial charge in [0.2, 0.25) is 22.8 Å². The number of fused-ring (bicyclic) bond motifs is 4. The molecule has 8 aromatic rings. The van der Waals surface area contributed by atoms with Gasteiger partial charge in [-0.15, -0.1) is 0 Å². The van der Waals surface area contributed by atoms with E-state index < -0.39 is 6.85 Å². The van der Waals surface area contributed by atoms with E-state index in [1.165, 1.54) is 141 Å². The molecule has 0 spiro atoms. The Morgan fingerprint density at radius 2 is 0.711 bits per heavy atom. The first-order chi connectivity index (χ1) is 43.0. The predicted octanol–water partition coefficient (Wildman–Crippen LogP) is 20.1. The molecule has 4 aromatic carbocycles. The average Bonchev–Trinajstić information content (AvgIpc) is 0.765. The maximum absolute atomic E-state index is 7.64. The van der Waals surface area contributed by atoms with E-state index in [0.29, 0.717) is 16.9 Å². The quantitative estimate of drug-likeness (QED) is 0.156. The van der Waals surface area contributed by atoms with Crippen LogP contribution in [-0.2, 0) is 66.1 Å². The molecule has 1 unspecified atom stereocenters. The van der Waals surface area contributed by atoms with Crippen LogP contribution < -0.4 is 18.3 Å². The molecule has 0 radical (unpaired) electrons. The second-order valence-corrected chi connectivity index (χ2v) is 33.0. The van der Waals surface area contributed by atoms with E-state index in [2.05, 4.69) is 295 Å². The molecule has 90 heavy (non-hydrogen) atoms. The number of hydrogen-bond acceptors (Lipinski definition) is 0. The first-order valence-electron chi connectivity index (χ1n) is 35.5. The molecule has 4 heteroatoms. The fourth-order valence-electron chi connectivity index (χ4n) is 15.6. The zero-order valence-electron chi connectivity index (χ0n) is 63.6. The number of nitrogens with zero attached hydrogens (tertiary/aromatic N) is 4. The van der Waals surface area contributed by atoms with Crippen molar-refractivity contribution in [2.24, 2.45) is 28.2 Å². The maximum atomic E-state index is 7.64. The highest BCUT2D eigenvalue weighted by atomic mass is 14.9. The predicted molar refractivity (Wildman–Crippen MR) is 382 cm³/mol. The first-order valence-corrected chi connectivity index (χ1v) is 34.0. The molecule has 0 amide bonds. The molecule has 0 saturated carbocycles. The van der Waals surface area contributed by atoms with Crippen molar-refractivity contribution in [2.45, 2.75) is 247 Å². The van der Waals surface area contributed by atoms with E-state index in [9.17, 15) is 0 Å². The standard InChI is InChI=1S/2C22H30N.2C21H28N/c1-15-8-9-20(23(7)14-15)17-13-19-18(12-16(17)2)21(3,4)10-11-22(19,5)6;1-15-8-9-17(16(2)12-15)20-13-18-19(14-23(20)7)22(5,6)11-10-21(18,3)4;1-14-7-8-17(16(3)11-14)20-12-18-15(2)9-10-21(4,5)19(18)13-22(20)6;1-15-13-17-18(21(4,5)11-10-20(17,2)3)14-16(15)19-9-7-8-12-22(19)6/h2*8-9,12-14H,10-11H2,1-7H3;7-8,11-13,15H,9-10H2,1-6H3;7-9,12-14H,10-11H2,1-6H3/q4*+1/i;1D3;;. The van der Waals surface area contributed by atoms with E-state index in [1.807, 2.05) is 13.0 Å². The van der Waals surface area contributed by atoms with E-state index in [0.717, 1.165) is 16.8 Å². The van der Waals surface area contributed by atoms with Crippen LogP contribution in [0.25, 0.3) is 45.0 Å². The molecule has 12 rings (SSSR count). The monoisotopic (exact) mass is 1210 g/mol. The van der Waals surface area contributed by atoms with Crippen LogP contribution in [-0.4, -0.2) is 0 Å². The Hall–Kier alpha value is -6.52. The van der Waals surface area contributed by atoms with E-state index in [-0.39, 0.29) is 32.5 Å². The molecule has 0 saturated heterocycles. The van der Waals surface area contributed by atoms with Crippen molar-refractivity contribution >= 4 is 0 Å². The fourth-order valence-corrected chi connectivity index (χ4v) is 15.6. The van der Waals surface area contributed by atoms with Gasteiger partial charge in [-0.2, -0.15) is 0 Å². The van der Waals surface area contributed by atoms with Crippen molar-refractivity contribution in [3.63, 3.8) is 0 Å². The third-order valence-electron chi connectivity index (χ3n) is 22.3. The van der Waals surface area contributed by atoms with E-state index in [4.69, 9.17) is 4.11 Å². The molecule has 0 bridgehead atoms. The maximum Gasteiger partial charge on any atom is 0.212 e. The Morgan fingerprint density at radius 1 is 0.333 bits per heavy atom. The largest absolute Gasteiger partial charge is 0.212 e. The van der Waals surface area contributed by atoms with Crippen LogP contribution in [0.2, 0.25) is 0 Å². The van der Waals surface area contributed by atoms with Crippen LogP contribution in [0.4, 0.5) is 0 Å². The van der Waals surface area contributed by atoms with Gasteiger partial charge in [0.15, 0.2) is 24.8 Å². The van der Waals surface area contributed by atoms with Crippen molar-refractivity contribution in [3.05, 3.63) is 211 Å². The summed E-state index contributed by atoms with van der Waals surface area (Å²) >= 11 is 0. The molecular weight excluding hydrogens is 1090 g/mol. The lowest BCUT2D eigenvalue weighted by molar-refractivity contribution is -0.661. The minimum Gasteiger partial charge on any atom is -0.201 e. The van der Waals surface area contributed by atoms with Crippen molar-refractivity contribution in [3.8, 4) is 45.0 Å². The molecule has 4 aliphatic rings. The Labute approximate surface area is 551 Å². The number of rotatable bonds is 4. The minimum atomic E-state index is -2.06. The van der Waals surface area contributed by atoms with Crippen molar-refractivity contribution in [2.75, 3.05) is 0 Å². The summed E-state index contributed by atoms with van der Waals surface area (Å²) in [5.74, 6) is 0.661. The van der Waals surface area contributed by atoms with Crippen LogP contribution in [0.3, 0.4) is 0 Å². The van der Waals surface area contributed by atoms with Crippen LogP contribution >= 0.6 is 0 Å². The number of hydrogen-bond donors (Lipinski definition) is 0. The fraction of sp³-hybridized carbons (Fsp3) is 0.488. The highest BCUT2D eigenvalue weighted by molar-refractivity contribution is 5.68. The van der Waals surface area contributed by atoms with Gasteiger partial charge in [0.1, 0.15) is 28.2 Å². The molecule has 1 atom stereocenters. The van der Waals surface area contributed by atoms with Gasteiger partial charge in [0.25, 0.3) is 0 Å². The lowest BCUT2D eigenvalue weighted by Crippen LogP contribution is -2.40. The number of pyridine rings is 4. The number of aromatic nitrogens is 4. The number of benzene rings is 4. The van der Waals surface area contributed by atoms with Gasteiger partial charge in [0, 0.05) is 73.4 Å². The molecule has 4 aromatic heterocycles. The molecule has 476 valence electrons. The summed E-state index contributed by atoms with van der Waals surface area (Å²) in [4.78, 5) is 0. The van der Waals surface area contributed by atoms with Crippen LogP contribution in [0.5, 0.6) is 0 Å². The van der Waals surface area contributed by atoms with Crippen LogP contribution in [0.15, 0.2) is 128 Å². The SMILES string of the molecule is Cc1cc2c(cc1-c1cccc[n+]1C)C(C)(C)CCC2(C)C.Cc1ccc(-c2cc3c(c[n+]2C)C(C)(C)CCC3C)c(C)c1.Cc1ccc(-c2cc3c(cc2C)C(C)(C)CCC3(C)C)[n+](C)c1.[2H]C([2H])([2H])c1ccc(-c2cc3c(c[n+]2C)C(C)(C)CCC3(C)C)c(C)c1. The topological polar surface area (TPSA) is 15.5 Å². The highest BCUT2D eigenvalue weighted by Gasteiger charge is 2.42. The molecule has 0 fully saturated rings. The Kier molecular flexibility index (Phi) is 17.6. The van der Waals surface area contributed by atoms with Gasteiger partial charge in [-0.25, -0.2) is 18.3 Å². The summed E-state index contributed by atoms with van der Waals surface area (Å²) in [7, 11) is 8.55. The van der Waals surface area contributed by atoms with Crippen LogP contribution in [0, 0.1) is 48.4 Å². The van der Waals surface area contributed by atoms with Gasteiger partial charge in [-0.3, -0.25) is 0 Å². The Bertz CT molecular complexity index is 4140. The normalized spacial score (nSPS) is 19.6. The number of aryl methyl sites for hydroxylation is 11. The van der Waals surface area contributed by atoms with Gasteiger partial charge < -0.3 is 0 Å². The highest BCUT2D eigenvalue weighted by Crippen LogP contribution is 2.50. The van der Waals surface area contributed by atoms with Gasteiger partial charge in [0.05, 0.1) is 0 Å². The molecule has 4 aliphatic carbocycles. The van der Waals surface area contributed by atoms with Crippen molar-refractivity contribution in [1.82, 2.24) is 0 Å². The third-order valence-corrected chi connectivity index (χ3v) is 22.3. The van der Waals surface area contributed by atoms with Gasteiger partial charge in [-0.05, 0) is 236 Å². The first kappa shape index (κ1) is 63.6. The summed E-state index contributed by atoms with van der Waals surface area (Å²) in [5, 5.41) is 0. The Balaban J connectivity index is 0.000000147. The summed E-state index contributed by atoms with van der Waals surface area (Å²) in [6.45, 7) is 46.6. The summed E-state index contributed by atoms with van der Waals surface area (Å²) in [6, 6.07) is 37.8. The van der Waals surface area contributed by atoms with Gasteiger partial charge >= 0.3 is 0 Å². The zero-order valence-corrected chi connectivity index (χ0v) is 60.6. The van der Waals surface area contributed by atoms with Crippen molar-refractivity contribution in [1.29, 1.82) is 0 Å². The summed E-state index contributed by atoms with van der Waals surface area (Å²) in [5.41, 5.74) is 32.2. The zero-order chi connectivity index (χ0) is 68.7. The minimum absolute atomic E-state index is 0.153. The van der Waals surface area contributed by atoms with E-state index in [1.54, 1.807) is 28.8 Å². The molecular formula is C86H116N4+4. The summed E-state index contributed by atoms with van der Waals surface area (Å²) in [6.07, 6.45) is 19.0.